The van der Waals surface area contributed by atoms with Gasteiger partial charge in [0, 0.05) is 6.04 Å². The Balaban J connectivity index is 1.69. The third kappa shape index (κ3) is 3.72. The largest absolute Gasteiger partial charge is 0.465 e. The molecule has 1 aromatic carbocycles. The molecule has 1 atom stereocenters. The van der Waals surface area contributed by atoms with Crippen LogP contribution in [-0.4, -0.2) is 6.54 Å². The van der Waals surface area contributed by atoms with Crippen LogP contribution in [0.3, 0.4) is 0 Å². The van der Waals surface area contributed by atoms with Crippen molar-refractivity contribution in [2.75, 3.05) is 6.54 Å². The van der Waals surface area contributed by atoms with Crippen LogP contribution in [0.2, 0.25) is 0 Å². The van der Waals surface area contributed by atoms with Crippen LogP contribution in [-0.2, 0) is 6.54 Å². The normalized spacial score (nSPS) is 12.6. The van der Waals surface area contributed by atoms with Gasteiger partial charge in [-0.25, -0.2) is 0 Å². The second-order valence-corrected chi connectivity index (χ2v) is 4.49. The Bertz CT molecular complexity index is 464. The predicted octanol–water partition coefficient (Wildman–Crippen LogP) is 2.77. The molecule has 3 nitrogen and oxygen atoms in total. The summed E-state index contributed by atoms with van der Waals surface area (Å²) in [5.41, 5.74) is 7.30. The van der Waals surface area contributed by atoms with Crippen molar-refractivity contribution in [3.05, 3.63) is 59.5 Å². The predicted molar refractivity (Wildman–Crippen MR) is 73.1 cm³/mol. The van der Waals surface area contributed by atoms with Gasteiger partial charge in [-0.15, -0.1) is 0 Å². The summed E-state index contributed by atoms with van der Waals surface area (Å²) in [7, 11) is 0. The molecule has 18 heavy (non-hydrogen) atoms. The van der Waals surface area contributed by atoms with Crippen molar-refractivity contribution >= 4 is 0 Å². The van der Waals surface area contributed by atoms with Crippen LogP contribution < -0.4 is 11.1 Å². The lowest BCUT2D eigenvalue weighted by Crippen LogP contribution is -2.20. The third-order valence-electron chi connectivity index (χ3n) is 2.96. The summed E-state index contributed by atoms with van der Waals surface area (Å²) < 4.78 is 5.48. The summed E-state index contributed by atoms with van der Waals surface area (Å²) >= 11 is 0. The van der Waals surface area contributed by atoms with Crippen LogP contribution in [0, 0.1) is 6.92 Å². The molecular weight excluding hydrogens is 224 g/mol. The highest BCUT2D eigenvalue weighted by atomic mass is 16.3. The van der Waals surface area contributed by atoms with Gasteiger partial charge in [0.25, 0.3) is 0 Å². The van der Waals surface area contributed by atoms with Crippen LogP contribution in [0.15, 0.2) is 46.9 Å². The van der Waals surface area contributed by atoms with Crippen molar-refractivity contribution in [1.82, 2.24) is 5.32 Å². The number of nitrogens with one attached hydrogen (secondary N) is 1. The summed E-state index contributed by atoms with van der Waals surface area (Å²) in [5.74, 6) is 1.92. The SMILES string of the molecule is Cc1ccc(CNCCC(N)c2ccccc2)o1. The fourth-order valence-corrected chi connectivity index (χ4v) is 1.92. The van der Waals surface area contributed by atoms with E-state index in [0.29, 0.717) is 0 Å². The van der Waals surface area contributed by atoms with Crippen LogP contribution in [0.1, 0.15) is 29.5 Å². The number of benzene rings is 1. The number of aryl methyl sites for hydroxylation is 1. The average molecular weight is 244 g/mol. The second kappa shape index (κ2) is 6.38. The first-order chi connectivity index (χ1) is 8.75. The van der Waals surface area contributed by atoms with Gasteiger partial charge in [0.05, 0.1) is 6.54 Å². The van der Waals surface area contributed by atoms with Gasteiger partial charge in [-0.3, -0.25) is 0 Å². The van der Waals surface area contributed by atoms with Gasteiger partial charge < -0.3 is 15.5 Å². The van der Waals surface area contributed by atoms with Crippen molar-refractivity contribution in [2.45, 2.75) is 25.9 Å². The molecule has 0 bridgehead atoms. The summed E-state index contributed by atoms with van der Waals surface area (Å²) in [5, 5.41) is 3.34. The minimum atomic E-state index is 0.0945. The second-order valence-electron chi connectivity index (χ2n) is 4.49. The Morgan fingerprint density at radius 1 is 1.17 bits per heavy atom. The van der Waals surface area contributed by atoms with E-state index in [1.165, 1.54) is 5.56 Å². The Hall–Kier alpha value is -1.58. The standard InChI is InChI=1S/C15H20N2O/c1-12-7-8-14(18-12)11-17-10-9-15(16)13-5-3-2-4-6-13/h2-8,15,17H,9-11,16H2,1H3. The molecule has 0 aliphatic heterocycles. The lowest BCUT2D eigenvalue weighted by molar-refractivity contribution is 0.456. The average Bonchev–Trinajstić information content (AvgIpc) is 2.81. The molecular formula is C15H20N2O. The number of hydrogen-bond acceptors (Lipinski definition) is 3. The third-order valence-corrected chi connectivity index (χ3v) is 2.96. The zero-order valence-corrected chi connectivity index (χ0v) is 10.7. The Kier molecular flexibility index (Phi) is 4.56. The number of furan rings is 1. The van der Waals surface area contributed by atoms with Crippen molar-refractivity contribution in [3.8, 4) is 0 Å². The lowest BCUT2D eigenvalue weighted by atomic mass is 10.1. The maximum atomic E-state index is 6.12. The van der Waals surface area contributed by atoms with Gasteiger partial charge >= 0.3 is 0 Å². The highest BCUT2D eigenvalue weighted by molar-refractivity contribution is 5.18. The van der Waals surface area contributed by atoms with Crippen molar-refractivity contribution in [3.63, 3.8) is 0 Å². The first-order valence-electron chi connectivity index (χ1n) is 6.32. The van der Waals surface area contributed by atoms with E-state index < -0.39 is 0 Å². The molecule has 2 aromatic rings. The minimum Gasteiger partial charge on any atom is -0.465 e. The summed E-state index contributed by atoms with van der Waals surface area (Å²) in [6, 6.07) is 14.3. The van der Waals surface area contributed by atoms with E-state index in [9.17, 15) is 0 Å². The maximum Gasteiger partial charge on any atom is 0.117 e. The molecule has 3 heteroatoms. The van der Waals surface area contributed by atoms with E-state index in [0.717, 1.165) is 31.0 Å². The monoisotopic (exact) mass is 244 g/mol. The van der Waals surface area contributed by atoms with Gasteiger partial charge in [-0.05, 0) is 37.6 Å². The van der Waals surface area contributed by atoms with E-state index in [1.807, 2.05) is 37.3 Å². The first-order valence-corrected chi connectivity index (χ1v) is 6.32. The van der Waals surface area contributed by atoms with Gasteiger partial charge in [-0.2, -0.15) is 0 Å². The molecule has 1 unspecified atom stereocenters. The van der Waals surface area contributed by atoms with Crippen LogP contribution in [0.4, 0.5) is 0 Å². The van der Waals surface area contributed by atoms with E-state index >= 15 is 0 Å². The maximum absolute atomic E-state index is 6.12. The highest BCUT2D eigenvalue weighted by Crippen LogP contribution is 2.12. The van der Waals surface area contributed by atoms with E-state index in [2.05, 4.69) is 17.4 Å². The Labute approximate surface area is 108 Å². The van der Waals surface area contributed by atoms with Gasteiger partial charge in [0.1, 0.15) is 11.5 Å². The van der Waals surface area contributed by atoms with Crippen LogP contribution in [0.5, 0.6) is 0 Å². The molecule has 1 aromatic heterocycles. The smallest absolute Gasteiger partial charge is 0.117 e. The van der Waals surface area contributed by atoms with Crippen molar-refractivity contribution in [2.24, 2.45) is 5.73 Å². The van der Waals surface area contributed by atoms with E-state index in [-0.39, 0.29) is 6.04 Å². The van der Waals surface area contributed by atoms with Crippen LogP contribution >= 0.6 is 0 Å². The topological polar surface area (TPSA) is 51.2 Å². The van der Waals surface area contributed by atoms with Gasteiger partial charge in [0.15, 0.2) is 0 Å². The Morgan fingerprint density at radius 2 is 1.94 bits per heavy atom. The number of hydrogen-bond donors (Lipinski definition) is 2. The summed E-state index contributed by atoms with van der Waals surface area (Å²) in [4.78, 5) is 0. The lowest BCUT2D eigenvalue weighted by Gasteiger charge is -2.12. The quantitative estimate of drug-likeness (QED) is 0.768. The molecule has 0 saturated carbocycles. The summed E-state index contributed by atoms with van der Waals surface area (Å²) in [6.07, 6.45) is 0.920. The molecule has 0 spiro atoms. The van der Waals surface area contributed by atoms with Crippen LogP contribution in [0.25, 0.3) is 0 Å². The van der Waals surface area contributed by atoms with Crippen molar-refractivity contribution < 1.29 is 4.42 Å². The fourth-order valence-electron chi connectivity index (χ4n) is 1.92. The molecule has 0 fully saturated rings. The molecule has 0 aliphatic rings. The molecule has 0 radical (unpaired) electrons. The molecule has 0 amide bonds. The zero-order valence-electron chi connectivity index (χ0n) is 10.7. The van der Waals surface area contributed by atoms with Gasteiger partial charge in [0.2, 0.25) is 0 Å². The molecule has 0 saturated heterocycles. The minimum absolute atomic E-state index is 0.0945. The van der Waals surface area contributed by atoms with E-state index in [1.54, 1.807) is 0 Å². The summed E-state index contributed by atoms with van der Waals surface area (Å²) in [6.45, 7) is 3.60. The molecule has 0 aliphatic carbocycles. The molecule has 96 valence electrons. The number of rotatable bonds is 6. The van der Waals surface area contributed by atoms with Crippen molar-refractivity contribution in [1.29, 1.82) is 0 Å². The Morgan fingerprint density at radius 3 is 2.61 bits per heavy atom. The molecule has 2 rings (SSSR count). The van der Waals surface area contributed by atoms with E-state index in [4.69, 9.17) is 10.2 Å². The fraction of sp³-hybridized carbons (Fsp3) is 0.333. The number of nitrogens with two attached hydrogens (primary N) is 1. The molecule has 3 N–H and O–H groups in total. The first kappa shape index (κ1) is 12.9. The highest BCUT2D eigenvalue weighted by Gasteiger charge is 2.04. The van der Waals surface area contributed by atoms with Gasteiger partial charge in [-0.1, -0.05) is 30.3 Å². The molecule has 1 heterocycles. The zero-order chi connectivity index (χ0) is 12.8.